The predicted molar refractivity (Wildman–Crippen MR) is 83.8 cm³/mol. The molecule has 1 aromatic heterocycles. The van der Waals surface area contributed by atoms with E-state index in [9.17, 15) is 0 Å². The molecule has 1 fully saturated rings. The Morgan fingerprint density at radius 2 is 2.00 bits per heavy atom. The standard InChI is InChI=1S/C16H28N4/c1-16(2,3)13-6-5-10-20(11-9-13)15-8-7-14(12-17-4)18-19-15/h7-8,13,17H,5-6,9-12H2,1-4H3. The molecule has 4 nitrogen and oxygen atoms in total. The highest BCUT2D eigenvalue weighted by Gasteiger charge is 2.27. The molecule has 0 aromatic carbocycles. The molecule has 2 heterocycles. The lowest BCUT2D eigenvalue weighted by molar-refractivity contribution is 0.220. The van der Waals surface area contributed by atoms with Crippen molar-refractivity contribution in [1.82, 2.24) is 15.5 Å². The minimum Gasteiger partial charge on any atom is -0.355 e. The quantitative estimate of drug-likeness (QED) is 0.921. The van der Waals surface area contributed by atoms with Crippen LogP contribution >= 0.6 is 0 Å². The minimum atomic E-state index is 0.415. The van der Waals surface area contributed by atoms with E-state index in [1.165, 1.54) is 19.3 Å². The summed E-state index contributed by atoms with van der Waals surface area (Å²) in [6, 6.07) is 4.18. The molecule has 1 aromatic rings. The fourth-order valence-electron chi connectivity index (χ4n) is 2.99. The van der Waals surface area contributed by atoms with Gasteiger partial charge in [-0.15, -0.1) is 5.10 Å². The van der Waals surface area contributed by atoms with Crippen molar-refractivity contribution in [3.8, 4) is 0 Å². The van der Waals surface area contributed by atoms with Gasteiger partial charge in [-0.25, -0.2) is 0 Å². The molecule has 1 aliphatic rings. The smallest absolute Gasteiger partial charge is 0.151 e. The number of hydrogen-bond acceptors (Lipinski definition) is 4. The van der Waals surface area contributed by atoms with Gasteiger partial charge >= 0.3 is 0 Å². The van der Waals surface area contributed by atoms with Crippen molar-refractivity contribution >= 4 is 5.82 Å². The molecular formula is C16H28N4. The summed E-state index contributed by atoms with van der Waals surface area (Å²) >= 11 is 0. The van der Waals surface area contributed by atoms with Crippen LogP contribution in [0.15, 0.2) is 12.1 Å². The molecule has 1 saturated heterocycles. The third-order valence-corrected chi connectivity index (χ3v) is 4.34. The topological polar surface area (TPSA) is 41.0 Å². The largest absolute Gasteiger partial charge is 0.355 e. The van der Waals surface area contributed by atoms with Gasteiger partial charge in [-0.2, -0.15) is 5.10 Å². The third kappa shape index (κ3) is 3.92. The second kappa shape index (κ2) is 6.53. The molecule has 112 valence electrons. The van der Waals surface area contributed by atoms with Crippen molar-refractivity contribution in [2.75, 3.05) is 25.0 Å². The van der Waals surface area contributed by atoms with Gasteiger partial charge in [-0.3, -0.25) is 0 Å². The summed E-state index contributed by atoms with van der Waals surface area (Å²) in [5.41, 5.74) is 1.41. The van der Waals surface area contributed by atoms with Crippen molar-refractivity contribution in [2.45, 2.75) is 46.6 Å². The molecular weight excluding hydrogens is 248 g/mol. The Balaban J connectivity index is 1.99. The number of aromatic nitrogens is 2. The Bertz CT molecular complexity index is 407. The summed E-state index contributed by atoms with van der Waals surface area (Å²) in [6.07, 6.45) is 3.83. The highest BCUT2D eigenvalue weighted by Crippen LogP contribution is 2.34. The number of anilines is 1. The van der Waals surface area contributed by atoms with Crippen LogP contribution in [-0.4, -0.2) is 30.3 Å². The lowest BCUT2D eigenvalue weighted by Gasteiger charge is -2.29. The molecule has 1 atom stereocenters. The van der Waals surface area contributed by atoms with Gasteiger partial charge in [0.25, 0.3) is 0 Å². The summed E-state index contributed by atoms with van der Waals surface area (Å²) < 4.78 is 0. The highest BCUT2D eigenvalue weighted by molar-refractivity contribution is 5.37. The fraction of sp³-hybridized carbons (Fsp3) is 0.750. The monoisotopic (exact) mass is 276 g/mol. The second-order valence-corrected chi connectivity index (χ2v) is 6.89. The van der Waals surface area contributed by atoms with Gasteiger partial charge in [-0.1, -0.05) is 20.8 Å². The zero-order chi connectivity index (χ0) is 14.6. The van der Waals surface area contributed by atoms with Crippen LogP contribution in [0.4, 0.5) is 5.82 Å². The van der Waals surface area contributed by atoms with Crippen molar-refractivity contribution in [2.24, 2.45) is 11.3 Å². The number of rotatable bonds is 3. The van der Waals surface area contributed by atoms with E-state index >= 15 is 0 Å². The number of nitrogens with one attached hydrogen (secondary N) is 1. The van der Waals surface area contributed by atoms with E-state index in [4.69, 9.17) is 0 Å². The van der Waals surface area contributed by atoms with Crippen LogP contribution < -0.4 is 10.2 Å². The van der Waals surface area contributed by atoms with E-state index in [0.29, 0.717) is 5.41 Å². The third-order valence-electron chi connectivity index (χ3n) is 4.34. The van der Waals surface area contributed by atoms with Gasteiger partial charge in [-0.05, 0) is 49.8 Å². The summed E-state index contributed by atoms with van der Waals surface area (Å²) in [6.45, 7) is 10.1. The van der Waals surface area contributed by atoms with E-state index in [1.807, 2.05) is 7.05 Å². The average Bonchev–Trinajstić information content (AvgIpc) is 2.65. The molecule has 0 amide bonds. The molecule has 0 bridgehead atoms. The van der Waals surface area contributed by atoms with Crippen LogP contribution in [0.1, 0.15) is 45.7 Å². The Hall–Kier alpha value is -1.16. The van der Waals surface area contributed by atoms with E-state index in [2.05, 4.69) is 53.3 Å². The van der Waals surface area contributed by atoms with Crippen LogP contribution in [-0.2, 0) is 6.54 Å². The van der Waals surface area contributed by atoms with Crippen molar-refractivity contribution in [3.05, 3.63) is 17.8 Å². The molecule has 0 spiro atoms. The van der Waals surface area contributed by atoms with Crippen LogP contribution in [0.25, 0.3) is 0 Å². The number of hydrogen-bond donors (Lipinski definition) is 1. The second-order valence-electron chi connectivity index (χ2n) is 6.89. The fourth-order valence-corrected chi connectivity index (χ4v) is 2.99. The van der Waals surface area contributed by atoms with Gasteiger partial charge in [0, 0.05) is 19.6 Å². The maximum atomic E-state index is 4.39. The van der Waals surface area contributed by atoms with Crippen LogP contribution in [0.3, 0.4) is 0 Å². The Morgan fingerprint density at radius 3 is 2.60 bits per heavy atom. The Kier molecular flexibility index (Phi) is 4.97. The van der Waals surface area contributed by atoms with E-state index in [1.54, 1.807) is 0 Å². The minimum absolute atomic E-state index is 0.415. The molecule has 1 aliphatic heterocycles. The normalized spacial score (nSPS) is 20.8. The van der Waals surface area contributed by atoms with E-state index in [-0.39, 0.29) is 0 Å². The van der Waals surface area contributed by atoms with Gasteiger partial charge < -0.3 is 10.2 Å². The lowest BCUT2D eigenvalue weighted by atomic mass is 9.77. The SMILES string of the molecule is CNCc1ccc(N2CCCC(C(C)(C)C)CC2)nn1. The van der Waals surface area contributed by atoms with E-state index < -0.39 is 0 Å². The summed E-state index contributed by atoms with van der Waals surface area (Å²) in [5, 5.41) is 11.8. The van der Waals surface area contributed by atoms with Crippen molar-refractivity contribution in [3.63, 3.8) is 0 Å². The average molecular weight is 276 g/mol. The molecule has 20 heavy (non-hydrogen) atoms. The summed E-state index contributed by atoms with van der Waals surface area (Å²) in [4.78, 5) is 2.39. The van der Waals surface area contributed by atoms with Gasteiger partial charge in [0.05, 0.1) is 5.69 Å². The van der Waals surface area contributed by atoms with Gasteiger partial charge in [0.15, 0.2) is 5.82 Å². The highest BCUT2D eigenvalue weighted by atomic mass is 15.3. The first-order chi connectivity index (χ1) is 9.50. The van der Waals surface area contributed by atoms with Gasteiger partial charge in [0.1, 0.15) is 0 Å². The first-order valence-corrected chi connectivity index (χ1v) is 7.73. The zero-order valence-corrected chi connectivity index (χ0v) is 13.3. The van der Waals surface area contributed by atoms with Crippen molar-refractivity contribution < 1.29 is 0 Å². The molecule has 1 unspecified atom stereocenters. The molecule has 1 N–H and O–H groups in total. The zero-order valence-electron chi connectivity index (χ0n) is 13.3. The Morgan fingerprint density at radius 1 is 1.20 bits per heavy atom. The summed E-state index contributed by atoms with van der Waals surface area (Å²) in [5.74, 6) is 1.84. The molecule has 2 rings (SSSR count). The number of nitrogens with zero attached hydrogens (tertiary/aromatic N) is 3. The maximum Gasteiger partial charge on any atom is 0.151 e. The molecule has 0 saturated carbocycles. The molecule has 0 radical (unpaired) electrons. The maximum absolute atomic E-state index is 4.39. The molecule has 0 aliphatic carbocycles. The lowest BCUT2D eigenvalue weighted by Crippen LogP contribution is -2.27. The van der Waals surface area contributed by atoms with E-state index in [0.717, 1.165) is 37.1 Å². The van der Waals surface area contributed by atoms with Gasteiger partial charge in [0.2, 0.25) is 0 Å². The predicted octanol–water partition coefficient (Wildman–Crippen LogP) is 2.85. The van der Waals surface area contributed by atoms with Crippen LogP contribution in [0, 0.1) is 11.3 Å². The summed E-state index contributed by atoms with van der Waals surface area (Å²) in [7, 11) is 1.93. The first kappa shape index (κ1) is 15.2. The van der Waals surface area contributed by atoms with Crippen molar-refractivity contribution in [1.29, 1.82) is 0 Å². The van der Waals surface area contributed by atoms with Crippen LogP contribution in [0.2, 0.25) is 0 Å². The first-order valence-electron chi connectivity index (χ1n) is 7.73. The van der Waals surface area contributed by atoms with Crippen LogP contribution in [0.5, 0.6) is 0 Å². The molecule has 4 heteroatoms. The Labute approximate surface area is 123 Å².